The molecule has 0 aromatic heterocycles. The lowest BCUT2D eigenvalue weighted by Gasteiger charge is -2.31. The highest BCUT2D eigenvalue weighted by Gasteiger charge is 2.35. The van der Waals surface area contributed by atoms with Crippen LogP contribution in [0.4, 0.5) is 0 Å². The third-order valence-electron chi connectivity index (χ3n) is 5.63. The average molecular weight is 544 g/mol. The summed E-state index contributed by atoms with van der Waals surface area (Å²) in [6.07, 6.45) is 1.04. The molecule has 0 spiro atoms. The van der Waals surface area contributed by atoms with Crippen LogP contribution in [0.2, 0.25) is 5.02 Å². The number of aryl methyl sites for hydroxylation is 1. The number of hydrogen-bond acceptors (Lipinski definition) is 6. The number of halogens is 1. The van der Waals surface area contributed by atoms with Crippen LogP contribution >= 0.6 is 11.6 Å². The molecule has 2 aromatic rings. The molecule has 1 amide bonds. The van der Waals surface area contributed by atoms with Gasteiger partial charge in [0.25, 0.3) is 0 Å². The molecular weight excluding hydrogens is 514 g/mol. The maximum absolute atomic E-state index is 13.3. The predicted octanol–water partition coefficient (Wildman–Crippen LogP) is 2.54. The number of hydrogen-bond donors (Lipinski definition) is 2. The highest BCUT2D eigenvalue weighted by atomic mass is 35.5. The smallest absolute Gasteiger partial charge is 0.246 e. The summed E-state index contributed by atoms with van der Waals surface area (Å²) in [7, 11) is -7.61. The second-order valence-corrected chi connectivity index (χ2v) is 12.3. The minimum Gasteiger partial charge on any atom is -0.492 e. The SMILES string of the molecule is CCOc1ccc(Cl)cc1S(=O)(=O)N1CCC[C@H](C(=O)NCCNS(=O)(=O)c2ccc(C)cc2)C1. The first-order valence-electron chi connectivity index (χ1n) is 11.3. The lowest BCUT2D eigenvalue weighted by atomic mass is 9.99. The van der Waals surface area contributed by atoms with Crippen LogP contribution in [0.25, 0.3) is 0 Å². The molecule has 1 aliphatic rings. The van der Waals surface area contributed by atoms with Crippen LogP contribution in [-0.4, -0.2) is 59.8 Å². The van der Waals surface area contributed by atoms with Gasteiger partial charge in [0.05, 0.1) is 17.4 Å². The van der Waals surface area contributed by atoms with Crippen molar-refractivity contribution in [2.24, 2.45) is 5.92 Å². The van der Waals surface area contributed by atoms with Crippen LogP contribution in [0.1, 0.15) is 25.3 Å². The standard InChI is InChI=1S/C23H30ClN3O6S2/c1-3-33-21-11-8-19(24)15-22(21)35(31,32)27-14-4-5-18(16-27)23(28)25-12-13-26-34(29,30)20-9-6-17(2)7-10-20/h6-11,15,18,26H,3-5,12-14,16H2,1-2H3,(H,25,28)/t18-/m0/s1. The molecule has 0 unspecified atom stereocenters. The zero-order valence-corrected chi connectivity index (χ0v) is 22.0. The number of amides is 1. The van der Waals surface area contributed by atoms with Gasteiger partial charge in [-0.05, 0) is 57.0 Å². The Morgan fingerprint density at radius 3 is 2.51 bits per heavy atom. The summed E-state index contributed by atoms with van der Waals surface area (Å²) in [6.45, 7) is 4.30. The van der Waals surface area contributed by atoms with Crippen LogP contribution < -0.4 is 14.8 Å². The summed E-state index contributed by atoms with van der Waals surface area (Å²) in [5, 5.41) is 2.97. The predicted molar refractivity (Wildman–Crippen MR) is 133 cm³/mol. The molecule has 1 heterocycles. The molecule has 2 aromatic carbocycles. The van der Waals surface area contributed by atoms with Crippen molar-refractivity contribution in [3.05, 3.63) is 53.1 Å². The van der Waals surface area contributed by atoms with E-state index >= 15 is 0 Å². The summed E-state index contributed by atoms with van der Waals surface area (Å²) in [4.78, 5) is 12.8. The van der Waals surface area contributed by atoms with Crippen molar-refractivity contribution in [2.75, 3.05) is 32.8 Å². The van der Waals surface area contributed by atoms with Gasteiger partial charge in [-0.25, -0.2) is 21.6 Å². The van der Waals surface area contributed by atoms with E-state index < -0.39 is 26.0 Å². The van der Waals surface area contributed by atoms with Gasteiger partial charge in [0.2, 0.25) is 26.0 Å². The number of rotatable bonds is 10. The second-order valence-electron chi connectivity index (χ2n) is 8.23. The van der Waals surface area contributed by atoms with Crippen molar-refractivity contribution in [1.29, 1.82) is 0 Å². The first kappa shape index (κ1) is 27.4. The molecule has 0 saturated carbocycles. The number of nitrogens with zero attached hydrogens (tertiary/aromatic N) is 1. The largest absolute Gasteiger partial charge is 0.492 e. The van der Waals surface area contributed by atoms with Gasteiger partial charge < -0.3 is 10.1 Å². The van der Waals surface area contributed by atoms with E-state index in [4.69, 9.17) is 16.3 Å². The zero-order valence-electron chi connectivity index (χ0n) is 19.7. The molecule has 2 N–H and O–H groups in total. The van der Waals surface area contributed by atoms with E-state index in [0.29, 0.717) is 19.4 Å². The molecule has 192 valence electrons. The fourth-order valence-corrected chi connectivity index (χ4v) is 6.74. The quantitative estimate of drug-likeness (QED) is 0.444. The van der Waals surface area contributed by atoms with E-state index in [-0.39, 0.29) is 52.6 Å². The third kappa shape index (κ3) is 6.95. The highest BCUT2D eigenvalue weighted by molar-refractivity contribution is 7.89. The summed E-state index contributed by atoms with van der Waals surface area (Å²) in [5.74, 6) is -0.665. The van der Waals surface area contributed by atoms with Gasteiger partial charge >= 0.3 is 0 Å². The van der Waals surface area contributed by atoms with E-state index in [2.05, 4.69) is 10.0 Å². The molecule has 35 heavy (non-hydrogen) atoms. The summed E-state index contributed by atoms with van der Waals surface area (Å²) in [6, 6.07) is 10.9. The zero-order chi connectivity index (χ0) is 25.6. The lowest BCUT2D eigenvalue weighted by Crippen LogP contribution is -2.46. The van der Waals surface area contributed by atoms with Gasteiger partial charge in [0.15, 0.2) is 0 Å². The molecule has 9 nitrogen and oxygen atoms in total. The Morgan fingerprint density at radius 1 is 1.11 bits per heavy atom. The van der Waals surface area contributed by atoms with Gasteiger partial charge in [0, 0.05) is 31.2 Å². The normalized spacial score (nSPS) is 17.2. The van der Waals surface area contributed by atoms with Crippen molar-refractivity contribution in [3.63, 3.8) is 0 Å². The topological polar surface area (TPSA) is 122 Å². The molecular formula is C23H30ClN3O6S2. The highest BCUT2D eigenvalue weighted by Crippen LogP contribution is 2.32. The fourth-order valence-electron chi connectivity index (χ4n) is 3.79. The summed E-state index contributed by atoms with van der Waals surface area (Å²) in [5.41, 5.74) is 0.948. The van der Waals surface area contributed by atoms with E-state index in [1.165, 1.54) is 28.6 Å². The molecule has 0 radical (unpaired) electrons. The van der Waals surface area contributed by atoms with Crippen LogP contribution in [0.15, 0.2) is 52.3 Å². The number of nitrogens with one attached hydrogen (secondary N) is 2. The van der Waals surface area contributed by atoms with Crippen molar-refractivity contribution in [1.82, 2.24) is 14.3 Å². The Bertz CT molecular complexity index is 1250. The van der Waals surface area contributed by atoms with Crippen molar-refractivity contribution in [3.8, 4) is 5.75 Å². The van der Waals surface area contributed by atoms with Gasteiger partial charge in [-0.2, -0.15) is 4.31 Å². The Labute approximate surface area is 211 Å². The molecule has 1 fully saturated rings. The van der Waals surface area contributed by atoms with E-state index in [0.717, 1.165) is 5.56 Å². The maximum Gasteiger partial charge on any atom is 0.246 e. The minimum absolute atomic E-state index is 0.0108. The fraction of sp³-hybridized carbons (Fsp3) is 0.435. The Kier molecular flexibility index (Phi) is 9.16. The second kappa shape index (κ2) is 11.7. The number of carbonyl (C=O) groups is 1. The van der Waals surface area contributed by atoms with Gasteiger partial charge in [-0.3, -0.25) is 4.79 Å². The summed E-state index contributed by atoms with van der Waals surface area (Å²) < 4.78 is 60.5. The Hall–Kier alpha value is -2.18. The molecule has 1 atom stereocenters. The van der Waals surface area contributed by atoms with Crippen LogP contribution in [0.3, 0.4) is 0 Å². The van der Waals surface area contributed by atoms with E-state index in [1.54, 1.807) is 25.1 Å². The number of benzene rings is 2. The monoisotopic (exact) mass is 543 g/mol. The first-order valence-corrected chi connectivity index (χ1v) is 14.6. The van der Waals surface area contributed by atoms with Gasteiger partial charge in [0.1, 0.15) is 10.6 Å². The first-order chi connectivity index (χ1) is 16.5. The van der Waals surface area contributed by atoms with E-state index in [1.807, 2.05) is 6.92 Å². The van der Waals surface area contributed by atoms with Crippen LogP contribution in [0.5, 0.6) is 5.75 Å². The van der Waals surface area contributed by atoms with Crippen molar-refractivity contribution in [2.45, 2.75) is 36.5 Å². The molecule has 1 aliphatic heterocycles. The molecule has 1 saturated heterocycles. The Balaban J connectivity index is 1.58. The van der Waals surface area contributed by atoms with E-state index in [9.17, 15) is 21.6 Å². The average Bonchev–Trinajstić information content (AvgIpc) is 2.83. The molecule has 3 rings (SSSR count). The van der Waals surface area contributed by atoms with Crippen molar-refractivity contribution < 1.29 is 26.4 Å². The van der Waals surface area contributed by atoms with Crippen LogP contribution in [0, 0.1) is 12.8 Å². The van der Waals surface area contributed by atoms with Gasteiger partial charge in [-0.1, -0.05) is 29.3 Å². The summed E-state index contributed by atoms with van der Waals surface area (Å²) >= 11 is 6.04. The number of piperidine rings is 1. The Morgan fingerprint density at radius 2 is 1.83 bits per heavy atom. The molecule has 0 aliphatic carbocycles. The molecule has 0 bridgehead atoms. The number of carbonyl (C=O) groups excluding carboxylic acids is 1. The number of ether oxygens (including phenoxy) is 1. The van der Waals surface area contributed by atoms with Crippen molar-refractivity contribution >= 4 is 37.6 Å². The third-order valence-corrected chi connectivity index (χ3v) is 9.22. The van der Waals surface area contributed by atoms with Gasteiger partial charge in [-0.15, -0.1) is 0 Å². The number of sulfonamides is 2. The lowest BCUT2D eigenvalue weighted by molar-refractivity contribution is -0.126. The van der Waals surface area contributed by atoms with Crippen LogP contribution in [-0.2, 0) is 24.8 Å². The minimum atomic E-state index is -3.93. The maximum atomic E-state index is 13.3. The molecule has 12 heteroatoms.